The highest BCUT2D eigenvalue weighted by atomic mass is 16.3. The van der Waals surface area contributed by atoms with Crippen molar-refractivity contribution in [2.24, 2.45) is 12.0 Å². The molecule has 0 aliphatic rings. The highest BCUT2D eigenvalue weighted by molar-refractivity contribution is 5.79. The van der Waals surface area contributed by atoms with E-state index in [-0.39, 0.29) is 0 Å². The number of aliphatic imine (C=N–C) groups is 1. The molecule has 0 atom stereocenters. The smallest absolute Gasteiger partial charge is 0.216 e. The summed E-state index contributed by atoms with van der Waals surface area (Å²) in [5.74, 6) is 2.77. The minimum atomic E-state index is 0.566. The Balaban J connectivity index is 1.52. The van der Waals surface area contributed by atoms with Gasteiger partial charge in [0.05, 0.1) is 18.5 Å². The summed E-state index contributed by atoms with van der Waals surface area (Å²) in [6.45, 7) is 4.08. The first-order chi connectivity index (χ1) is 12.3. The fourth-order valence-electron chi connectivity index (χ4n) is 2.28. The Hall–Kier alpha value is -3.10. The van der Waals surface area contributed by atoms with Crippen LogP contribution in [-0.4, -0.2) is 44.0 Å². The quantitative estimate of drug-likeness (QED) is 0.438. The predicted molar refractivity (Wildman–Crippen MR) is 93.8 cm³/mol. The molecule has 0 bridgehead atoms. The molecule has 3 rings (SSSR count). The third kappa shape index (κ3) is 4.46. The second kappa shape index (κ2) is 8.13. The number of rotatable bonds is 7. The van der Waals surface area contributed by atoms with E-state index < -0.39 is 0 Å². The fourth-order valence-corrected chi connectivity index (χ4v) is 2.28. The van der Waals surface area contributed by atoms with Crippen LogP contribution in [-0.2, 0) is 20.0 Å². The molecule has 0 fully saturated rings. The monoisotopic (exact) mass is 342 g/mol. The van der Waals surface area contributed by atoms with Gasteiger partial charge in [0.25, 0.3) is 0 Å². The Labute approximate surface area is 145 Å². The Morgan fingerprint density at radius 3 is 3.00 bits per heavy atom. The van der Waals surface area contributed by atoms with Gasteiger partial charge in [0.15, 0.2) is 11.7 Å². The van der Waals surface area contributed by atoms with E-state index in [2.05, 4.69) is 35.9 Å². The zero-order chi connectivity index (χ0) is 17.5. The minimum Gasteiger partial charge on any atom is -0.461 e. The Morgan fingerprint density at radius 1 is 1.36 bits per heavy atom. The largest absolute Gasteiger partial charge is 0.461 e. The van der Waals surface area contributed by atoms with Gasteiger partial charge in [0.2, 0.25) is 5.82 Å². The molecule has 0 radical (unpaired) electrons. The SMILES string of the molecule is CCNC(=NCc1ccnn1C)NCCc1nc(-c2ccco2)n[nH]1. The van der Waals surface area contributed by atoms with Gasteiger partial charge in [0, 0.05) is 32.8 Å². The lowest BCUT2D eigenvalue weighted by molar-refractivity contribution is 0.577. The molecule has 25 heavy (non-hydrogen) atoms. The summed E-state index contributed by atoms with van der Waals surface area (Å²) >= 11 is 0. The Bertz CT molecular complexity index is 802. The maximum atomic E-state index is 5.29. The van der Waals surface area contributed by atoms with Crippen LogP contribution >= 0.6 is 0 Å². The minimum absolute atomic E-state index is 0.566. The number of H-pyrrole nitrogens is 1. The molecule has 0 spiro atoms. The second-order valence-electron chi connectivity index (χ2n) is 5.40. The molecule has 3 heterocycles. The Morgan fingerprint density at radius 2 is 2.28 bits per heavy atom. The number of aromatic amines is 1. The number of nitrogens with zero attached hydrogens (tertiary/aromatic N) is 5. The van der Waals surface area contributed by atoms with Crippen molar-refractivity contribution >= 4 is 5.96 Å². The van der Waals surface area contributed by atoms with Crippen molar-refractivity contribution in [3.05, 3.63) is 42.2 Å². The highest BCUT2D eigenvalue weighted by Gasteiger charge is 2.08. The first-order valence-electron chi connectivity index (χ1n) is 8.20. The third-order valence-corrected chi connectivity index (χ3v) is 3.59. The summed E-state index contributed by atoms with van der Waals surface area (Å²) in [5, 5.41) is 17.8. The van der Waals surface area contributed by atoms with Gasteiger partial charge in [0.1, 0.15) is 5.82 Å². The van der Waals surface area contributed by atoms with Gasteiger partial charge in [-0.1, -0.05) is 0 Å². The molecule has 0 saturated heterocycles. The number of nitrogens with one attached hydrogen (secondary N) is 3. The molecule has 0 saturated carbocycles. The van der Waals surface area contributed by atoms with Crippen LogP contribution in [0.3, 0.4) is 0 Å². The summed E-state index contributed by atoms with van der Waals surface area (Å²) in [4.78, 5) is 8.99. The molecule has 0 aliphatic carbocycles. The fraction of sp³-hybridized carbons (Fsp3) is 0.375. The summed E-state index contributed by atoms with van der Waals surface area (Å²) in [6, 6.07) is 5.60. The number of guanidine groups is 1. The van der Waals surface area contributed by atoms with Gasteiger partial charge in [-0.05, 0) is 25.1 Å². The van der Waals surface area contributed by atoms with Crippen molar-refractivity contribution in [1.82, 2.24) is 35.6 Å². The first-order valence-corrected chi connectivity index (χ1v) is 8.20. The molecule has 3 N–H and O–H groups in total. The van der Waals surface area contributed by atoms with Crippen LogP contribution in [0.5, 0.6) is 0 Å². The Kier molecular flexibility index (Phi) is 5.45. The van der Waals surface area contributed by atoms with Gasteiger partial charge >= 0.3 is 0 Å². The zero-order valence-corrected chi connectivity index (χ0v) is 14.4. The molecule has 9 nitrogen and oxygen atoms in total. The number of aromatic nitrogens is 5. The third-order valence-electron chi connectivity index (χ3n) is 3.59. The van der Waals surface area contributed by atoms with Gasteiger partial charge in [-0.2, -0.15) is 10.2 Å². The predicted octanol–water partition coefficient (Wildman–Crippen LogP) is 1.10. The van der Waals surface area contributed by atoms with Crippen molar-refractivity contribution in [2.45, 2.75) is 19.9 Å². The lowest BCUT2D eigenvalue weighted by Crippen LogP contribution is -2.38. The van der Waals surface area contributed by atoms with E-state index in [4.69, 9.17) is 4.42 Å². The van der Waals surface area contributed by atoms with Crippen molar-refractivity contribution in [3.8, 4) is 11.6 Å². The number of hydrogen-bond donors (Lipinski definition) is 3. The van der Waals surface area contributed by atoms with Gasteiger partial charge in [-0.3, -0.25) is 9.78 Å². The zero-order valence-electron chi connectivity index (χ0n) is 14.4. The maximum absolute atomic E-state index is 5.29. The molecule has 3 aromatic heterocycles. The highest BCUT2D eigenvalue weighted by Crippen LogP contribution is 2.14. The molecule has 0 aliphatic heterocycles. The van der Waals surface area contributed by atoms with E-state index in [9.17, 15) is 0 Å². The van der Waals surface area contributed by atoms with E-state index in [0.29, 0.717) is 31.1 Å². The van der Waals surface area contributed by atoms with E-state index in [0.717, 1.165) is 24.0 Å². The van der Waals surface area contributed by atoms with E-state index in [1.54, 1.807) is 12.5 Å². The standard InChI is InChI=1S/C16H22N8O/c1-3-17-16(19-11-12-6-9-20-24(12)2)18-8-7-14-21-15(23-22-14)13-5-4-10-25-13/h4-6,9-10H,3,7-8,11H2,1-2H3,(H2,17,18,19)(H,21,22,23). The van der Waals surface area contributed by atoms with Crippen molar-refractivity contribution in [1.29, 1.82) is 0 Å². The molecule has 0 unspecified atom stereocenters. The van der Waals surface area contributed by atoms with Gasteiger partial charge < -0.3 is 15.1 Å². The molecular weight excluding hydrogens is 320 g/mol. The molecule has 0 aromatic carbocycles. The van der Waals surface area contributed by atoms with Crippen LogP contribution in [0.2, 0.25) is 0 Å². The molecule has 3 aromatic rings. The summed E-state index contributed by atoms with van der Waals surface area (Å²) in [6.07, 6.45) is 4.07. The average molecular weight is 342 g/mol. The summed E-state index contributed by atoms with van der Waals surface area (Å²) < 4.78 is 7.10. The topological polar surface area (TPSA) is 109 Å². The lowest BCUT2D eigenvalue weighted by Gasteiger charge is -2.10. The van der Waals surface area contributed by atoms with Crippen molar-refractivity contribution in [3.63, 3.8) is 0 Å². The van der Waals surface area contributed by atoms with Crippen molar-refractivity contribution in [2.75, 3.05) is 13.1 Å². The van der Waals surface area contributed by atoms with Crippen LogP contribution in [0, 0.1) is 0 Å². The van der Waals surface area contributed by atoms with Crippen LogP contribution in [0.25, 0.3) is 11.6 Å². The lowest BCUT2D eigenvalue weighted by atomic mass is 10.4. The van der Waals surface area contributed by atoms with Gasteiger partial charge in [-0.15, -0.1) is 0 Å². The van der Waals surface area contributed by atoms with Crippen LogP contribution in [0.15, 0.2) is 40.1 Å². The van der Waals surface area contributed by atoms with E-state index in [1.807, 2.05) is 36.9 Å². The number of aryl methyl sites for hydroxylation is 1. The van der Waals surface area contributed by atoms with E-state index >= 15 is 0 Å². The molecular formula is C16H22N8O. The average Bonchev–Trinajstić information content (AvgIpc) is 3.34. The normalized spacial score (nSPS) is 11.7. The second-order valence-corrected chi connectivity index (χ2v) is 5.40. The molecule has 9 heteroatoms. The van der Waals surface area contributed by atoms with Gasteiger partial charge in [-0.25, -0.2) is 9.98 Å². The van der Waals surface area contributed by atoms with Crippen LogP contribution < -0.4 is 10.6 Å². The summed E-state index contributed by atoms with van der Waals surface area (Å²) in [5.41, 5.74) is 1.05. The first kappa shape index (κ1) is 16.7. The van der Waals surface area contributed by atoms with Crippen LogP contribution in [0.1, 0.15) is 18.4 Å². The van der Waals surface area contributed by atoms with Crippen molar-refractivity contribution < 1.29 is 4.42 Å². The summed E-state index contributed by atoms with van der Waals surface area (Å²) in [7, 11) is 1.91. The molecule has 0 amide bonds. The van der Waals surface area contributed by atoms with E-state index in [1.165, 1.54) is 0 Å². The molecule has 132 valence electrons. The maximum Gasteiger partial charge on any atom is 0.216 e. The van der Waals surface area contributed by atoms with Crippen LogP contribution in [0.4, 0.5) is 0 Å². The number of hydrogen-bond acceptors (Lipinski definition) is 5. The number of furan rings is 1.